The molecule has 0 aromatic heterocycles. The largest absolute Gasteiger partial charge is 0.459 e. The van der Waals surface area contributed by atoms with Crippen LogP contribution in [0.25, 0.3) is 0 Å². The summed E-state index contributed by atoms with van der Waals surface area (Å²) >= 11 is 0. The molecule has 4 atom stereocenters. The Balaban J connectivity index is 4.05. The molecule has 0 radical (unpaired) electrons. The summed E-state index contributed by atoms with van der Waals surface area (Å²) in [5, 5.41) is 9.87. The van der Waals surface area contributed by atoms with Crippen LogP contribution < -0.4 is 0 Å². The summed E-state index contributed by atoms with van der Waals surface area (Å²) in [6.07, 6.45) is -21.3. The molecule has 43 heavy (non-hydrogen) atoms. The van der Waals surface area contributed by atoms with Crippen molar-refractivity contribution in [2.75, 3.05) is 0 Å². The van der Waals surface area contributed by atoms with Gasteiger partial charge in [-0.1, -0.05) is 38.1 Å². The molecule has 4 unspecified atom stereocenters. The molecule has 250 valence electrons. The lowest BCUT2D eigenvalue weighted by molar-refractivity contribution is -0.387. The van der Waals surface area contributed by atoms with Crippen molar-refractivity contribution in [3.63, 3.8) is 0 Å². The first-order chi connectivity index (χ1) is 18.7. The summed E-state index contributed by atoms with van der Waals surface area (Å²) in [5.74, 6) is -10.4. The summed E-state index contributed by atoms with van der Waals surface area (Å²) in [6, 6.07) is 3.08. The van der Waals surface area contributed by atoms with Gasteiger partial charge in [-0.3, -0.25) is 4.79 Å². The molecule has 0 aliphatic rings. The second-order valence-electron chi connectivity index (χ2n) is 12.7. The average molecular weight is 663 g/mol. The molecule has 0 spiro atoms. The Morgan fingerprint density at radius 1 is 0.814 bits per heavy atom. The Kier molecular flexibility index (Phi) is 10.7. The first kappa shape index (κ1) is 39.1. The molecule has 0 fully saturated rings. The number of aliphatic hydroxyl groups is 1. The molecule has 0 aliphatic heterocycles. The number of carbonyl (C=O) groups excluding carboxylic acids is 1. The first-order valence-corrected chi connectivity index (χ1v) is 16.5. The van der Waals surface area contributed by atoms with Crippen LogP contribution >= 0.6 is 0 Å². The van der Waals surface area contributed by atoms with Crippen molar-refractivity contribution in [2.45, 2.75) is 121 Å². The number of rotatable bonds is 10. The molecule has 0 bridgehead atoms. The molecule has 0 aliphatic carbocycles. The third-order valence-electron chi connectivity index (χ3n) is 6.93. The van der Waals surface area contributed by atoms with E-state index >= 15 is 22.0 Å². The van der Waals surface area contributed by atoms with Crippen molar-refractivity contribution in [1.82, 2.24) is 0 Å². The minimum Gasteiger partial charge on any atom is -0.459 e. The van der Waals surface area contributed by atoms with E-state index in [-0.39, 0.29) is 5.56 Å². The lowest BCUT2D eigenvalue weighted by atomic mass is 9.67. The van der Waals surface area contributed by atoms with Crippen LogP contribution in [0.15, 0.2) is 24.3 Å². The SMILES string of the molecule is CCC(C(=O)OC(C)(C)C)(C(F)(F)F)C(F)(F)C(CC(C)c1ccc(C(C)(O)C(F)(F)F)cc1)(O[Si](C)(C)C)C(F)(F)F. The highest BCUT2D eigenvalue weighted by molar-refractivity contribution is 6.69. The van der Waals surface area contributed by atoms with Gasteiger partial charge in [0, 0.05) is 0 Å². The van der Waals surface area contributed by atoms with Crippen molar-refractivity contribution >= 4 is 14.3 Å². The van der Waals surface area contributed by atoms with Gasteiger partial charge < -0.3 is 14.3 Å². The predicted octanol–water partition coefficient (Wildman–Crippen LogP) is 9.04. The molecule has 1 rings (SSSR count). The van der Waals surface area contributed by atoms with E-state index < -0.39 is 85.3 Å². The fourth-order valence-electron chi connectivity index (χ4n) is 4.66. The molecule has 1 aromatic carbocycles. The van der Waals surface area contributed by atoms with Gasteiger partial charge in [0.2, 0.25) is 11.0 Å². The number of halogens is 11. The normalized spacial score (nSPS) is 19.2. The van der Waals surface area contributed by atoms with Crippen molar-refractivity contribution in [3.05, 3.63) is 35.4 Å². The van der Waals surface area contributed by atoms with Gasteiger partial charge in [-0.15, -0.1) is 0 Å². The maximum absolute atomic E-state index is 16.6. The number of benzene rings is 1. The van der Waals surface area contributed by atoms with Crippen LogP contribution in [0.1, 0.15) is 71.4 Å². The number of carbonyl (C=O) groups is 1. The molecule has 16 heteroatoms. The van der Waals surface area contributed by atoms with E-state index in [1.165, 1.54) is 0 Å². The summed E-state index contributed by atoms with van der Waals surface area (Å²) in [4.78, 5) is 13.0. The second kappa shape index (κ2) is 11.8. The molecule has 0 saturated heterocycles. The maximum Gasteiger partial charge on any atom is 0.422 e. The van der Waals surface area contributed by atoms with Gasteiger partial charge in [-0.2, -0.15) is 39.5 Å². The second-order valence-corrected chi connectivity index (χ2v) is 17.1. The minimum atomic E-state index is -6.26. The van der Waals surface area contributed by atoms with Gasteiger partial charge in [-0.25, -0.2) is 8.78 Å². The zero-order chi connectivity index (χ0) is 34.5. The number of ether oxygens (including phenoxy) is 1. The predicted molar refractivity (Wildman–Crippen MR) is 138 cm³/mol. The summed E-state index contributed by atoms with van der Waals surface area (Å²) in [5.41, 5.74) is -16.1. The highest BCUT2D eigenvalue weighted by atomic mass is 28.4. The summed E-state index contributed by atoms with van der Waals surface area (Å²) in [7, 11) is -3.84. The van der Waals surface area contributed by atoms with Crippen LogP contribution in [-0.4, -0.2) is 55.0 Å². The van der Waals surface area contributed by atoms with Gasteiger partial charge in [0.25, 0.3) is 0 Å². The van der Waals surface area contributed by atoms with E-state index in [4.69, 9.17) is 4.43 Å². The lowest BCUT2D eigenvalue weighted by Gasteiger charge is -2.52. The molecule has 4 nitrogen and oxygen atoms in total. The van der Waals surface area contributed by atoms with Crippen LogP contribution in [-0.2, 0) is 19.6 Å². The summed E-state index contributed by atoms with van der Waals surface area (Å²) < 4.78 is 172. The zero-order valence-electron chi connectivity index (χ0n) is 25.1. The molecule has 1 N–H and O–H groups in total. The standard InChI is InChI=1S/C27H37F11O4Si/c1-10-22(26(33,34)35,19(39)41-20(3,4)5)24(28,29)23(27(36,37)38,42-43(7,8)9)15-16(2)17-11-13-18(14-12-17)21(6,40)25(30,31)32/h11-14,16,40H,10,15H2,1-9H3. The highest BCUT2D eigenvalue weighted by Gasteiger charge is 2.86. The molecular weight excluding hydrogens is 625 g/mol. The minimum absolute atomic E-state index is 0.281. The number of hydrogen-bond acceptors (Lipinski definition) is 4. The Morgan fingerprint density at radius 3 is 1.56 bits per heavy atom. The summed E-state index contributed by atoms with van der Waals surface area (Å²) in [6.45, 7) is 8.11. The molecular formula is C27H37F11O4Si. The highest BCUT2D eigenvalue weighted by Crippen LogP contribution is 2.63. The monoisotopic (exact) mass is 662 g/mol. The van der Waals surface area contributed by atoms with Crippen LogP contribution in [0.4, 0.5) is 48.3 Å². The molecule has 0 heterocycles. The smallest absolute Gasteiger partial charge is 0.422 e. The third kappa shape index (κ3) is 7.48. The zero-order valence-corrected chi connectivity index (χ0v) is 26.1. The van der Waals surface area contributed by atoms with Crippen LogP contribution in [0.3, 0.4) is 0 Å². The molecule has 0 amide bonds. The first-order valence-electron chi connectivity index (χ1n) is 13.1. The van der Waals surface area contributed by atoms with E-state index in [9.17, 15) is 36.2 Å². The van der Waals surface area contributed by atoms with Crippen LogP contribution in [0.2, 0.25) is 19.6 Å². The Hall–Kier alpha value is -1.94. The van der Waals surface area contributed by atoms with E-state index in [1.807, 2.05) is 0 Å². The lowest BCUT2D eigenvalue weighted by Crippen LogP contribution is -2.74. The number of esters is 1. The third-order valence-corrected chi connectivity index (χ3v) is 7.89. The van der Waals surface area contributed by atoms with Crippen molar-refractivity contribution in [1.29, 1.82) is 0 Å². The van der Waals surface area contributed by atoms with Gasteiger partial charge in [-0.05, 0) is 77.2 Å². The number of hydrogen-bond donors (Lipinski definition) is 1. The van der Waals surface area contributed by atoms with Gasteiger partial charge in [0.1, 0.15) is 5.60 Å². The van der Waals surface area contributed by atoms with E-state index in [0.717, 1.165) is 59.5 Å². The van der Waals surface area contributed by atoms with Crippen molar-refractivity contribution < 1.29 is 67.4 Å². The van der Waals surface area contributed by atoms with Crippen molar-refractivity contribution in [2.24, 2.45) is 5.41 Å². The Bertz CT molecular complexity index is 1110. The Morgan fingerprint density at radius 2 is 1.26 bits per heavy atom. The van der Waals surface area contributed by atoms with Gasteiger partial charge in [0.05, 0.1) is 0 Å². The fraction of sp³-hybridized carbons (Fsp3) is 0.741. The Labute approximate surface area is 244 Å². The number of alkyl halides is 11. The van der Waals surface area contributed by atoms with E-state index in [0.29, 0.717) is 26.0 Å². The fourth-order valence-corrected chi connectivity index (χ4v) is 6.03. The molecule has 0 saturated carbocycles. The van der Waals surface area contributed by atoms with E-state index in [2.05, 4.69) is 4.74 Å². The van der Waals surface area contributed by atoms with Crippen molar-refractivity contribution in [3.8, 4) is 0 Å². The quantitative estimate of drug-likeness (QED) is 0.154. The van der Waals surface area contributed by atoms with E-state index in [1.54, 1.807) is 0 Å². The van der Waals surface area contributed by atoms with Gasteiger partial charge >= 0.3 is 30.4 Å². The maximum atomic E-state index is 16.6. The van der Waals surface area contributed by atoms with Crippen LogP contribution in [0.5, 0.6) is 0 Å². The topological polar surface area (TPSA) is 55.8 Å². The average Bonchev–Trinajstić information content (AvgIpc) is 2.74. The van der Waals surface area contributed by atoms with Crippen LogP contribution in [0, 0.1) is 5.41 Å². The molecule has 1 aromatic rings. The van der Waals surface area contributed by atoms with Gasteiger partial charge in [0.15, 0.2) is 13.9 Å².